The van der Waals surface area contributed by atoms with Crippen molar-refractivity contribution in [1.82, 2.24) is 10.2 Å². The van der Waals surface area contributed by atoms with Crippen molar-refractivity contribution in [2.45, 2.75) is 6.92 Å². The number of amides is 1. The largest absolute Gasteiger partial charge is 0.491 e. The van der Waals surface area contributed by atoms with Gasteiger partial charge in [0.15, 0.2) is 23.1 Å². The number of methoxy groups -OCH3 is 1. The number of aryl methyl sites for hydroxylation is 1. The lowest BCUT2D eigenvalue weighted by atomic mass is 10.1. The molecule has 118 valence electrons. The second-order valence-electron chi connectivity index (χ2n) is 5.05. The maximum absolute atomic E-state index is 13.7. The summed E-state index contributed by atoms with van der Waals surface area (Å²) >= 11 is 0. The van der Waals surface area contributed by atoms with Crippen LogP contribution in [-0.2, 0) is 0 Å². The molecule has 0 saturated carbocycles. The van der Waals surface area contributed by atoms with Gasteiger partial charge in [0.1, 0.15) is 0 Å². The zero-order valence-electron chi connectivity index (χ0n) is 12.4. The molecule has 5 nitrogen and oxygen atoms in total. The van der Waals surface area contributed by atoms with Gasteiger partial charge in [-0.05, 0) is 19.1 Å². The number of ether oxygens (including phenoxy) is 1. The molecule has 23 heavy (non-hydrogen) atoms. The molecule has 3 rings (SSSR count). The summed E-state index contributed by atoms with van der Waals surface area (Å²) in [5.41, 5.74) is 1.80. The monoisotopic (exact) mass is 317 g/mol. The molecular weight excluding hydrogens is 304 g/mol. The summed E-state index contributed by atoms with van der Waals surface area (Å²) in [5, 5.41) is 9.77. The quantitative estimate of drug-likeness (QED) is 0.778. The smallest absolute Gasteiger partial charge is 0.276 e. The average Bonchev–Trinajstić information content (AvgIpc) is 2.90. The number of fused-ring (bicyclic) bond motifs is 1. The van der Waals surface area contributed by atoms with Crippen LogP contribution < -0.4 is 10.1 Å². The fourth-order valence-corrected chi connectivity index (χ4v) is 2.32. The van der Waals surface area contributed by atoms with E-state index in [0.717, 1.165) is 24.8 Å². The fourth-order valence-electron chi connectivity index (χ4n) is 2.32. The highest BCUT2D eigenvalue weighted by atomic mass is 19.1. The predicted molar refractivity (Wildman–Crippen MR) is 81.7 cm³/mol. The molecule has 1 aromatic heterocycles. The van der Waals surface area contributed by atoms with Gasteiger partial charge in [-0.15, -0.1) is 0 Å². The molecule has 0 aliphatic heterocycles. The van der Waals surface area contributed by atoms with Gasteiger partial charge in [-0.2, -0.15) is 5.10 Å². The van der Waals surface area contributed by atoms with E-state index in [1.807, 2.05) is 19.1 Å². The fraction of sp³-hybridized carbons (Fsp3) is 0.125. The number of hydrogen-bond acceptors (Lipinski definition) is 3. The Bertz CT molecular complexity index is 882. The van der Waals surface area contributed by atoms with Crippen molar-refractivity contribution in [3.63, 3.8) is 0 Å². The molecule has 0 atom stereocenters. The molecule has 0 aliphatic carbocycles. The molecule has 0 unspecified atom stereocenters. The van der Waals surface area contributed by atoms with Crippen LogP contribution in [0.2, 0.25) is 0 Å². The lowest BCUT2D eigenvalue weighted by molar-refractivity contribution is 0.102. The standard InChI is InChI=1S/C16H13F2N3O2/c1-8-3-4-13-10(5-8)14(21-20-13)16(22)19-9-6-11(17)15(23-2)12(18)7-9/h3-7H,1-2H3,(H,19,22)(H,20,21). The third kappa shape index (κ3) is 2.73. The van der Waals surface area contributed by atoms with Crippen LogP contribution in [0.3, 0.4) is 0 Å². The topological polar surface area (TPSA) is 67.0 Å². The molecule has 1 heterocycles. The molecule has 0 aliphatic rings. The highest BCUT2D eigenvalue weighted by molar-refractivity contribution is 6.11. The number of aromatic amines is 1. The number of nitrogens with zero attached hydrogens (tertiary/aromatic N) is 1. The number of carbonyl (C=O) groups is 1. The Kier molecular flexibility index (Phi) is 3.69. The average molecular weight is 317 g/mol. The summed E-state index contributed by atoms with van der Waals surface area (Å²) in [6.07, 6.45) is 0. The molecule has 3 aromatic rings. The zero-order chi connectivity index (χ0) is 16.6. The third-order valence-electron chi connectivity index (χ3n) is 3.39. The second-order valence-corrected chi connectivity index (χ2v) is 5.05. The molecule has 0 spiro atoms. The van der Waals surface area contributed by atoms with Crippen molar-refractivity contribution >= 4 is 22.5 Å². The van der Waals surface area contributed by atoms with Crippen molar-refractivity contribution in [3.8, 4) is 5.75 Å². The Hall–Kier alpha value is -2.96. The van der Waals surface area contributed by atoms with Crippen LogP contribution in [0.4, 0.5) is 14.5 Å². The molecule has 2 aromatic carbocycles. The maximum Gasteiger partial charge on any atom is 0.276 e. The highest BCUT2D eigenvalue weighted by Gasteiger charge is 2.17. The Morgan fingerprint density at radius 3 is 2.57 bits per heavy atom. The summed E-state index contributed by atoms with van der Waals surface area (Å²) in [7, 11) is 1.16. The third-order valence-corrected chi connectivity index (χ3v) is 3.39. The van der Waals surface area contributed by atoms with E-state index in [1.165, 1.54) is 0 Å². The van der Waals surface area contributed by atoms with Crippen LogP contribution in [0.25, 0.3) is 10.9 Å². The minimum atomic E-state index is -0.898. The van der Waals surface area contributed by atoms with Gasteiger partial charge in [0, 0.05) is 23.2 Å². The summed E-state index contributed by atoms with van der Waals surface area (Å²) < 4.78 is 31.9. The number of benzene rings is 2. The van der Waals surface area contributed by atoms with Crippen molar-refractivity contribution < 1.29 is 18.3 Å². The van der Waals surface area contributed by atoms with Gasteiger partial charge in [-0.25, -0.2) is 8.78 Å². The van der Waals surface area contributed by atoms with Crippen molar-refractivity contribution in [3.05, 3.63) is 53.2 Å². The molecule has 0 fully saturated rings. The van der Waals surface area contributed by atoms with Crippen LogP contribution in [0.5, 0.6) is 5.75 Å². The molecule has 7 heteroatoms. The summed E-state index contributed by atoms with van der Waals surface area (Å²) in [4.78, 5) is 12.3. The van der Waals surface area contributed by atoms with Gasteiger partial charge >= 0.3 is 0 Å². The van der Waals surface area contributed by atoms with E-state index in [2.05, 4.69) is 20.3 Å². The van der Waals surface area contributed by atoms with E-state index in [4.69, 9.17) is 0 Å². The SMILES string of the molecule is COc1c(F)cc(NC(=O)c2n[nH]c3ccc(C)cc23)cc1F. The van der Waals surface area contributed by atoms with Gasteiger partial charge in [-0.1, -0.05) is 11.6 Å². The Morgan fingerprint density at radius 1 is 1.22 bits per heavy atom. The van der Waals surface area contributed by atoms with E-state index in [-0.39, 0.29) is 11.4 Å². The van der Waals surface area contributed by atoms with Gasteiger partial charge < -0.3 is 10.1 Å². The van der Waals surface area contributed by atoms with E-state index < -0.39 is 23.3 Å². The van der Waals surface area contributed by atoms with Crippen molar-refractivity contribution in [1.29, 1.82) is 0 Å². The van der Waals surface area contributed by atoms with Crippen LogP contribution >= 0.6 is 0 Å². The molecular formula is C16H13F2N3O2. The van der Waals surface area contributed by atoms with Crippen LogP contribution in [-0.4, -0.2) is 23.2 Å². The first-order valence-corrected chi connectivity index (χ1v) is 6.78. The minimum Gasteiger partial charge on any atom is -0.491 e. The zero-order valence-corrected chi connectivity index (χ0v) is 12.4. The van der Waals surface area contributed by atoms with Gasteiger partial charge in [-0.3, -0.25) is 9.89 Å². The second kappa shape index (κ2) is 5.68. The molecule has 0 radical (unpaired) electrons. The minimum absolute atomic E-state index is 0.0189. The number of H-pyrrole nitrogens is 1. The number of hydrogen-bond donors (Lipinski definition) is 2. The molecule has 2 N–H and O–H groups in total. The lowest BCUT2D eigenvalue weighted by Gasteiger charge is -2.08. The van der Waals surface area contributed by atoms with Gasteiger partial charge in [0.2, 0.25) is 0 Å². The Labute approximate surface area is 130 Å². The number of anilines is 1. The first-order chi connectivity index (χ1) is 11.0. The molecule has 1 amide bonds. The normalized spacial score (nSPS) is 10.8. The van der Waals surface area contributed by atoms with E-state index in [1.54, 1.807) is 6.07 Å². The van der Waals surface area contributed by atoms with Gasteiger partial charge in [0.25, 0.3) is 5.91 Å². The predicted octanol–water partition coefficient (Wildman–Crippen LogP) is 3.41. The highest BCUT2D eigenvalue weighted by Crippen LogP contribution is 2.26. The van der Waals surface area contributed by atoms with E-state index in [0.29, 0.717) is 10.9 Å². The lowest BCUT2D eigenvalue weighted by Crippen LogP contribution is -2.13. The van der Waals surface area contributed by atoms with Crippen molar-refractivity contribution in [2.24, 2.45) is 0 Å². The number of aromatic nitrogens is 2. The van der Waals surface area contributed by atoms with E-state index in [9.17, 15) is 13.6 Å². The summed E-state index contributed by atoms with van der Waals surface area (Å²) in [6, 6.07) is 7.47. The molecule has 0 bridgehead atoms. The Morgan fingerprint density at radius 2 is 1.91 bits per heavy atom. The summed E-state index contributed by atoms with van der Waals surface area (Å²) in [6.45, 7) is 1.89. The first-order valence-electron chi connectivity index (χ1n) is 6.78. The number of nitrogens with one attached hydrogen (secondary N) is 2. The van der Waals surface area contributed by atoms with Crippen LogP contribution in [0, 0.1) is 18.6 Å². The Balaban J connectivity index is 1.93. The van der Waals surface area contributed by atoms with E-state index >= 15 is 0 Å². The first kappa shape index (κ1) is 15.0. The molecule has 0 saturated heterocycles. The summed E-state index contributed by atoms with van der Waals surface area (Å²) in [5.74, 6) is -2.86. The van der Waals surface area contributed by atoms with Crippen LogP contribution in [0.1, 0.15) is 16.1 Å². The number of halogens is 2. The maximum atomic E-state index is 13.7. The van der Waals surface area contributed by atoms with Crippen molar-refractivity contribution in [2.75, 3.05) is 12.4 Å². The van der Waals surface area contributed by atoms with Gasteiger partial charge in [0.05, 0.1) is 12.6 Å². The van der Waals surface area contributed by atoms with Crippen LogP contribution in [0.15, 0.2) is 30.3 Å². The number of carbonyl (C=O) groups excluding carboxylic acids is 1. The number of rotatable bonds is 3.